The van der Waals surface area contributed by atoms with Crippen molar-refractivity contribution in [2.24, 2.45) is 0 Å². The number of aromatic nitrogens is 2. The van der Waals surface area contributed by atoms with Crippen molar-refractivity contribution in [1.29, 1.82) is 0 Å². The average Bonchev–Trinajstić information content (AvgIpc) is 2.37. The number of anilines is 1. The number of hydrogen-bond donors (Lipinski definition) is 2. The fourth-order valence-electron chi connectivity index (χ4n) is 1.43. The zero-order chi connectivity index (χ0) is 14.9. The van der Waals surface area contributed by atoms with E-state index < -0.39 is 30.5 Å². The number of fused-ring (bicyclic) bond motifs is 1. The molecule has 9 heteroatoms. The molecule has 2 aromatic rings. The first-order valence-electron chi connectivity index (χ1n) is 5.38. The molecule has 1 aromatic heterocycles. The van der Waals surface area contributed by atoms with Gasteiger partial charge in [0.05, 0.1) is 10.9 Å². The largest absolute Gasteiger partial charge is 0.458 e. The summed E-state index contributed by atoms with van der Waals surface area (Å²) in [5.41, 5.74) is 5.29. The highest BCUT2D eigenvalue weighted by Crippen LogP contribution is 2.23. The molecule has 1 aromatic carbocycles. The Hall–Kier alpha value is -2.32. The number of ether oxygens (including phenoxy) is 1. The molecule has 108 valence electrons. The summed E-state index contributed by atoms with van der Waals surface area (Å²) in [6, 6.07) is 3.62. The zero-order valence-electron chi connectivity index (χ0n) is 9.87. The topological polar surface area (TPSA) is 81.0 Å². The fourth-order valence-corrected chi connectivity index (χ4v) is 1.43. The van der Waals surface area contributed by atoms with Crippen LogP contribution in [0.15, 0.2) is 23.0 Å². The van der Waals surface area contributed by atoms with E-state index in [0.717, 1.165) is 0 Å². The van der Waals surface area contributed by atoms with Gasteiger partial charge in [0.15, 0.2) is 6.61 Å². The summed E-state index contributed by atoms with van der Waals surface area (Å²) >= 11 is 0. The lowest BCUT2D eigenvalue weighted by molar-refractivity contribution is -0.149. The monoisotopic (exact) mass is 291 g/mol. The predicted octanol–water partition coefficient (Wildman–Crippen LogP) is 1.78. The van der Waals surface area contributed by atoms with Crippen molar-refractivity contribution >= 4 is 16.6 Å². The molecule has 0 atom stereocenters. The van der Waals surface area contributed by atoms with E-state index in [-0.39, 0.29) is 10.9 Å². The summed E-state index contributed by atoms with van der Waals surface area (Å²) in [5, 5.41) is 0.137. The highest BCUT2D eigenvalue weighted by Gasteiger charge is 2.42. The first-order valence-corrected chi connectivity index (χ1v) is 5.38. The Balaban J connectivity index is 2.29. The summed E-state index contributed by atoms with van der Waals surface area (Å²) in [5.74, 6) is -4.32. The van der Waals surface area contributed by atoms with E-state index in [1.165, 1.54) is 18.2 Å². The highest BCUT2D eigenvalue weighted by molar-refractivity contribution is 5.81. The third-order valence-electron chi connectivity index (χ3n) is 2.43. The van der Waals surface area contributed by atoms with E-state index in [2.05, 4.69) is 14.7 Å². The van der Waals surface area contributed by atoms with Gasteiger partial charge in [0.2, 0.25) is 0 Å². The van der Waals surface area contributed by atoms with Gasteiger partial charge in [-0.3, -0.25) is 9.78 Å². The van der Waals surface area contributed by atoms with E-state index in [1.807, 2.05) is 0 Å². The molecule has 5 nitrogen and oxygen atoms in total. The first-order chi connectivity index (χ1) is 9.29. The van der Waals surface area contributed by atoms with Gasteiger partial charge >= 0.3 is 12.3 Å². The molecule has 2 rings (SSSR count). The molecular formula is C11H9F4N3O2. The Morgan fingerprint density at radius 2 is 2.10 bits per heavy atom. The van der Waals surface area contributed by atoms with Crippen molar-refractivity contribution < 1.29 is 22.3 Å². The maximum Gasteiger partial charge on any atom is 0.340 e. The van der Waals surface area contributed by atoms with Gasteiger partial charge in [0.1, 0.15) is 0 Å². The Bertz CT molecular complexity index is 687. The second-order valence-electron chi connectivity index (χ2n) is 4.00. The molecule has 0 spiro atoms. The van der Waals surface area contributed by atoms with Crippen LogP contribution in [-0.2, 0) is 0 Å². The molecule has 0 saturated heterocycles. The summed E-state index contributed by atoms with van der Waals surface area (Å²) in [6.45, 7) is -1.59. The number of nitrogen functional groups attached to an aromatic ring is 1. The zero-order valence-corrected chi connectivity index (χ0v) is 9.87. The summed E-state index contributed by atoms with van der Waals surface area (Å²) in [6.07, 6.45) is -3.87. The average molecular weight is 291 g/mol. The minimum absolute atomic E-state index is 0.137. The number of aromatic amines is 1. The molecule has 0 radical (unpaired) electrons. The van der Waals surface area contributed by atoms with Crippen LogP contribution in [0.1, 0.15) is 0 Å². The minimum atomic E-state index is -4.32. The number of nitrogens with zero attached hydrogens (tertiary/aromatic N) is 1. The molecule has 0 amide bonds. The van der Waals surface area contributed by atoms with E-state index >= 15 is 0 Å². The van der Waals surface area contributed by atoms with Gasteiger partial charge in [0, 0.05) is 5.69 Å². The SMILES string of the molecule is Nc1ccc2nc(OCC(F)(F)C(F)F)[nH]c(=O)c2c1. The fraction of sp³-hybridized carbons (Fsp3) is 0.273. The summed E-state index contributed by atoms with van der Waals surface area (Å²) in [4.78, 5) is 17.4. The highest BCUT2D eigenvalue weighted by atomic mass is 19.3. The van der Waals surface area contributed by atoms with Crippen LogP contribution < -0.4 is 16.0 Å². The maximum absolute atomic E-state index is 12.7. The van der Waals surface area contributed by atoms with Crippen LogP contribution in [0.5, 0.6) is 6.01 Å². The lowest BCUT2D eigenvalue weighted by Gasteiger charge is -2.15. The number of H-pyrrole nitrogens is 1. The van der Waals surface area contributed by atoms with Gasteiger partial charge in [-0.1, -0.05) is 0 Å². The van der Waals surface area contributed by atoms with Crippen molar-refractivity contribution in [3.63, 3.8) is 0 Å². The lowest BCUT2D eigenvalue weighted by Crippen LogP contribution is -2.34. The molecular weight excluding hydrogens is 282 g/mol. The third-order valence-corrected chi connectivity index (χ3v) is 2.43. The van der Waals surface area contributed by atoms with Gasteiger partial charge in [0.25, 0.3) is 11.6 Å². The quantitative estimate of drug-likeness (QED) is 0.664. The van der Waals surface area contributed by atoms with E-state index in [1.54, 1.807) is 0 Å². The Kier molecular flexibility index (Phi) is 3.51. The van der Waals surface area contributed by atoms with Crippen LogP contribution in [0.2, 0.25) is 0 Å². The van der Waals surface area contributed by atoms with Crippen LogP contribution in [0.4, 0.5) is 23.2 Å². The smallest absolute Gasteiger partial charge is 0.340 e. The van der Waals surface area contributed by atoms with Crippen molar-refractivity contribution in [1.82, 2.24) is 9.97 Å². The van der Waals surface area contributed by atoms with E-state index in [9.17, 15) is 22.4 Å². The molecule has 3 N–H and O–H groups in total. The van der Waals surface area contributed by atoms with Gasteiger partial charge < -0.3 is 10.5 Å². The van der Waals surface area contributed by atoms with Crippen LogP contribution in [-0.4, -0.2) is 28.9 Å². The van der Waals surface area contributed by atoms with Crippen molar-refractivity contribution in [3.8, 4) is 6.01 Å². The van der Waals surface area contributed by atoms with E-state index in [0.29, 0.717) is 5.69 Å². The van der Waals surface area contributed by atoms with Crippen LogP contribution in [0, 0.1) is 0 Å². The summed E-state index contributed by atoms with van der Waals surface area (Å²) in [7, 11) is 0. The number of alkyl halides is 4. The second kappa shape index (κ2) is 4.99. The van der Waals surface area contributed by atoms with Crippen LogP contribution in [0.3, 0.4) is 0 Å². The molecule has 0 bridgehead atoms. The number of nitrogens with two attached hydrogens (primary N) is 1. The number of hydrogen-bond acceptors (Lipinski definition) is 4. The van der Waals surface area contributed by atoms with E-state index in [4.69, 9.17) is 5.73 Å². The predicted molar refractivity (Wildman–Crippen MR) is 63.2 cm³/mol. The number of rotatable bonds is 4. The lowest BCUT2D eigenvalue weighted by atomic mass is 10.2. The molecule has 1 heterocycles. The van der Waals surface area contributed by atoms with Crippen molar-refractivity contribution in [2.75, 3.05) is 12.3 Å². The molecule has 0 unspecified atom stereocenters. The van der Waals surface area contributed by atoms with Crippen LogP contribution >= 0.6 is 0 Å². The maximum atomic E-state index is 12.7. The molecule has 0 aliphatic rings. The molecule has 0 aliphatic heterocycles. The standard InChI is InChI=1S/C11H9F4N3O2/c12-9(13)11(14,15)4-20-10-17-7-2-1-5(16)3-6(7)8(19)18-10/h1-3,9H,4,16H2,(H,17,18,19). The third kappa shape index (κ3) is 2.81. The molecule has 20 heavy (non-hydrogen) atoms. The normalized spacial score (nSPS) is 12.1. The Labute approximate surface area is 109 Å². The molecule has 0 aliphatic carbocycles. The van der Waals surface area contributed by atoms with Crippen molar-refractivity contribution in [3.05, 3.63) is 28.6 Å². The van der Waals surface area contributed by atoms with Gasteiger partial charge in [-0.2, -0.15) is 13.8 Å². The van der Waals surface area contributed by atoms with Crippen LogP contribution in [0.25, 0.3) is 10.9 Å². The first kappa shape index (κ1) is 14.1. The van der Waals surface area contributed by atoms with Crippen molar-refractivity contribution in [2.45, 2.75) is 12.3 Å². The Morgan fingerprint density at radius 1 is 1.40 bits per heavy atom. The second-order valence-corrected chi connectivity index (χ2v) is 4.00. The molecule has 0 saturated carbocycles. The molecule has 0 fully saturated rings. The minimum Gasteiger partial charge on any atom is -0.458 e. The number of halogens is 4. The number of nitrogens with one attached hydrogen (secondary N) is 1. The van der Waals surface area contributed by atoms with Gasteiger partial charge in [-0.25, -0.2) is 8.78 Å². The Morgan fingerprint density at radius 3 is 2.75 bits per heavy atom. The summed E-state index contributed by atoms with van der Waals surface area (Å²) < 4.78 is 53.7. The van der Waals surface area contributed by atoms with Gasteiger partial charge in [-0.05, 0) is 18.2 Å². The number of benzene rings is 1. The van der Waals surface area contributed by atoms with Gasteiger partial charge in [-0.15, -0.1) is 0 Å².